The molecule has 0 heterocycles. The van der Waals surface area contributed by atoms with Crippen LogP contribution in [-0.2, 0) is 15.3 Å². The van der Waals surface area contributed by atoms with E-state index in [4.69, 9.17) is 8.85 Å². The van der Waals surface area contributed by atoms with Crippen LogP contribution in [-0.4, -0.2) is 25.8 Å². The summed E-state index contributed by atoms with van der Waals surface area (Å²) in [5.41, 5.74) is 1.02. The molecule has 1 aromatic rings. The van der Waals surface area contributed by atoms with Crippen LogP contribution < -0.4 is 0 Å². The summed E-state index contributed by atoms with van der Waals surface area (Å²) in [5, 5.41) is 0. The third-order valence-electron chi connectivity index (χ3n) is 3.19. The molecule has 0 radical (unpaired) electrons. The average Bonchev–Trinajstić information content (AvgIpc) is 2.36. The Morgan fingerprint density at radius 2 is 1.68 bits per heavy atom. The lowest BCUT2D eigenvalue weighted by Gasteiger charge is -2.28. The van der Waals surface area contributed by atoms with Gasteiger partial charge >= 0.3 is 8.80 Å². The molecule has 5 heteroatoms. The van der Waals surface area contributed by atoms with Crippen molar-refractivity contribution < 1.29 is 18.0 Å². The van der Waals surface area contributed by atoms with Gasteiger partial charge in [-0.3, -0.25) is 0 Å². The highest BCUT2D eigenvalue weighted by Crippen LogP contribution is 2.19. The summed E-state index contributed by atoms with van der Waals surface area (Å²) in [6, 6.07) is 7.30. The number of aryl methyl sites for hydroxylation is 1. The van der Waals surface area contributed by atoms with E-state index in [9.17, 15) is 9.19 Å². The van der Waals surface area contributed by atoms with Crippen molar-refractivity contribution in [3.05, 3.63) is 35.6 Å². The Balaban J connectivity index is 2.33. The van der Waals surface area contributed by atoms with Crippen LogP contribution in [0.2, 0.25) is 6.04 Å². The number of unbranched alkanes of at least 4 members (excludes halogenated alkanes) is 2. The average molecular weight is 329 g/mol. The van der Waals surface area contributed by atoms with Crippen LogP contribution in [0.25, 0.3) is 0 Å². The number of hydrogen-bond acceptors (Lipinski definition) is 3. The fourth-order valence-electron chi connectivity index (χ4n) is 2.43. The molecule has 0 spiro atoms. The van der Waals surface area contributed by atoms with E-state index in [0.29, 0.717) is 6.04 Å². The normalized spacial score (nSPS) is 12.4. The largest absolute Gasteiger partial charge is 0.498 e. The molecule has 1 aromatic carbocycles. The number of benzene rings is 1. The first kappa shape index (κ1) is 19.3. The molecular formula is C17H29FO3Si. The molecule has 0 fully saturated rings. The van der Waals surface area contributed by atoms with E-state index in [2.05, 4.69) is 0 Å². The maximum Gasteiger partial charge on any atom is 0.498 e. The van der Waals surface area contributed by atoms with E-state index in [1.807, 2.05) is 33.8 Å². The minimum Gasteiger partial charge on any atom is -0.390 e. The maximum absolute atomic E-state index is 13.1. The molecule has 126 valence electrons. The molecular weight excluding hydrogens is 299 g/mol. The van der Waals surface area contributed by atoms with Gasteiger partial charge in [-0.05, 0) is 64.7 Å². The maximum atomic E-state index is 13.1. The van der Waals surface area contributed by atoms with E-state index in [1.54, 1.807) is 12.1 Å². The number of hydrogen-bond donors (Lipinski definition) is 1. The highest BCUT2D eigenvalue weighted by atomic mass is 28.4. The minimum absolute atomic E-state index is 0.0392. The van der Waals surface area contributed by atoms with Crippen molar-refractivity contribution >= 4 is 8.80 Å². The quantitative estimate of drug-likeness (QED) is 0.513. The lowest BCUT2D eigenvalue weighted by molar-refractivity contribution is 0.0472. The molecule has 0 aromatic heterocycles. The van der Waals surface area contributed by atoms with Gasteiger partial charge in [0.05, 0.1) is 0 Å². The molecule has 0 bridgehead atoms. The van der Waals surface area contributed by atoms with Crippen molar-refractivity contribution in [1.29, 1.82) is 0 Å². The minimum atomic E-state index is -3.07. The molecule has 0 saturated heterocycles. The van der Waals surface area contributed by atoms with Crippen molar-refractivity contribution in [1.82, 2.24) is 0 Å². The van der Waals surface area contributed by atoms with Crippen LogP contribution in [0.15, 0.2) is 24.3 Å². The summed E-state index contributed by atoms with van der Waals surface area (Å²) < 4.78 is 24.4. The summed E-state index contributed by atoms with van der Waals surface area (Å²) in [6.45, 7) is 7.63. The fraction of sp³-hybridized carbons (Fsp3) is 0.647. The molecule has 0 amide bonds. The molecule has 0 aliphatic carbocycles. The second-order valence-electron chi connectivity index (χ2n) is 6.24. The summed E-state index contributed by atoms with van der Waals surface area (Å²) in [7, 11) is -3.07. The zero-order valence-electron chi connectivity index (χ0n) is 14.1. The molecule has 0 saturated carbocycles. The molecule has 1 N–H and O–H groups in total. The van der Waals surface area contributed by atoms with E-state index >= 15 is 0 Å². The lowest BCUT2D eigenvalue weighted by Crippen LogP contribution is -2.46. The second kappa shape index (κ2) is 9.40. The standard InChI is InChI=1S/C17H29FO3Si/c1-14(2)20-22(19,21-15(3)4)12-7-5-6-9-16-10-8-11-17(18)13-16/h8,10-11,13-15,19H,5-7,9,12H2,1-4H3. The molecule has 0 aliphatic heterocycles. The van der Waals surface area contributed by atoms with Gasteiger partial charge in [0, 0.05) is 18.3 Å². The SMILES string of the molecule is CC(C)O[Si](O)(CCCCCc1cccc(F)c1)OC(C)C. The highest BCUT2D eigenvalue weighted by Gasteiger charge is 2.38. The van der Waals surface area contributed by atoms with Crippen molar-refractivity contribution in [2.75, 3.05) is 0 Å². The van der Waals surface area contributed by atoms with Gasteiger partial charge in [0.15, 0.2) is 0 Å². The van der Waals surface area contributed by atoms with E-state index in [0.717, 1.165) is 31.2 Å². The Bertz CT molecular complexity index is 428. The summed E-state index contributed by atoms with van der Waals surface area (Å²) in [4.78, 5) is 10.5. The van der Waals surface area contributed by atoms with Crippen molar-refractivity contribution in [3.63, 3.8) is 0 Å². The van der Waals surface area contributed by atoms with Gasteiger partial charge < -0.3 is 13.6 Å². The second-order valence-corrected chi connectivity index (χ2v) is 8.63. The van der Waals surface area contributed by atoms with Gasteiger partial charge in [-0.2, -0.15) is 0 Å². The van der Waals surface area contributed by atoms with Crippen LogP contribution in [0.4, 0.5) is 4.39 Å². The van der Waals surface area contributed by atoms with Crippen LogP contribution in [0.1, 0.15) is 52.5 Å². The van der Waals surface area contributed by atoms with Gasteiger partial charge in [0.25, 0.3) is 0 Å². The topological polar surface area (TPSA) is 38.7 Å². The van der Waals surface area contributed by atoms with Crippen LogP contribution in [0.5, 0.6) is 0 Å². The first-order chi connectivity index (χ1) is 10.3. The van der Waals surface area contributed by atoms with Crippen LogP contribution in [0.3, 0.4) is 0 Å². The first-order valence-corrected chi connectivity index (χ1v) is 10.1. The van der Waals surface area contributed by atoms with Crippen LogP contribution >= 0.6 is 0 Å². The van der Waals surface area contributed by atoms with Crippen LogP contribution in [0, 0.1) is 5.82 Å². The zero-order chi connectivity index (χ0) is 16.6. The third kappa shape index (κ3) is 8.03. The predicted octanol–water partition coefficient (Wildman–Crippen LogP) is 4.32. The predicted molar refractivity (Wildman–Crippen MR) is 89.2 cm³/mol. The Kier molecular flexibility index (Phi) is 8.24. The van der Waals surface area contributed by atoms with Crippen molar-refractivity contribution in [2.24, 2.45) is 0 Å². The van der Waals surface area contributed by atoms with Gasteiger partial charge in [-0.25, -0.2) is 4.39 Å². The van der Waals surface area contributed by atoms with E-state index in [-0.39, 0.29) is 18.0 Å². The van der Waals surface area contributed by atoms with Gasteiger partial charge in [-0.15, -0.1) is 0 Å². The monoisotopic (exact) mass is 328 g/mol. The molecule has 0 aliphatic rings. The smallest absolute Gasteiger partial charge is 0.390 e. The summed E-state index contributed by atoms with van der Waals surface area (Å²) >= 11 is 0. The van der Waals surface area contributed by atoms with Gasteiger partial charge in [0.2, 0.25) is 0 Å². The van der Waals surface area contributed by atoms with E-state index in [1.165, 1.54) is 6.07 Å². The highest BCUT2D eigenvalue weighted by molar-refractivity contribution is 6.59. The van der Waals surface area contributed by atoms with Gasteiger partial charge in [0.1, 0.15) is 5.82 Å². The Morgan fingerprint density at radius 1 is 1.05 bits per heavy atom. The molecule has 3 nitrogen and oxygen atoms in total. The van der Waals surface area contributed by atoms with Crippen molar-refractivity contribution in [2.45, 2.75) is 71.6 Å². The van der Waals surface area contributed by atoms with E-state index < -0.39 is 8.80 Å². The summed E-state index contributed by atoms with van der Waals surface area (Å²) in [6.07, 6.45) is 3.57. The first-order valence-electron chi connectivity index (χ1n) is 8.13. The number of rotatable bonds is 10. The van der Waals surface area contributed by atoms with Gasteiger partial charge in [-0.1, -0.05) is 18.6 Å². The molecule has 1 rings (SSSR count). The Hall–Kier alpha value is -0.753. The Morgan fingerprint density at radius 3 is 2.23 bits per heavy atom. The Labute approximate surface area is 134 Å². The molecule has 22 heavy (non-hydrogen) atoms. The lowest BCUT2D eigenvalue weighted by atomic mass is 10.1. The fourth-order valence-corrected chi connectivity index (χ4v) is 4.89. The van der Waals surface area contributed by atoms with Crippen molar-refractivity contribution in [3.8, 4) is 0 Å². The number of halogens is 1. The third-order valence-corrected chi connectivity index (χ3v) is 5.85. The molecule has 0 unspecified atom stereocenters. The summed E-state index contributed by atoms with van der Waals surface area (Å²) in [5.74, 6) is -0.185. The zero-order valence-corrected chi connectivity index (χ0v) is 15.1. The molecule has 0 atom stereocenters.